The molecular weight excluding hydrogens is 290 g/mol. The van der Waals surface area contributed by atoms with Crippen LogP contribution in [0, 0.1) is 0 Å². The van der Waals surface area contributed by atoms with E-state index in [0.29, 0.717) is 12.8 Å². The van der Waals surface area contributed by atoms with Gasteiger partial charge in [-0.25, -0.2) is 0 Å². The number of nitrogens with zero attached hydrogens (tertiary/aromatic N) is 2. The van der Waals surface area contributed by atoms with E-state index in [9.17, 15) is 9.59 Å². The van der Waals surface area contributed by atoms with Crippen molar-refractivity contribution in [1.82, 2.24) is 15.1 Å². The first-order valence-electron chi connectivity index (χ1n) is 7.95. The molecule has 1 N–H and O–H groups in total. The van der Waals surface area contributed by atoms with Crippen molar-refractivity contribution in [3.05, 3.63) is 0 Å². The first-order chi connectivity index (χ1) is 9.69. The van der Waals surface area contributed by atoms with E-state index in [1.807, 2.05) is 9.80 Å². The molecule has 0 bridgehead atoms. The van der Waals surface area contributed by atoms with E-state index < -0.39 is 0 Å². The number of rotatable bonds is 7. The number of amides is 2. The Morgan fingerprint density at radius 3 is 2.33 bits per heavy atom. The van der Waals surface area contributed by atoms with Gasteiger partial charge in [0.15, 0.2) is 0 Å². The van der Waals surface area contributed by atoms with Crippen molar-refractivity contribution in [1.29, 1.82) is 0 Å². The first kappa shape index (κ1) is 20.2. The minimum Gasteiger partial charge on any atom is -0.343 e. The number of nitrogens with one attached hydrogen (secondary N) is 1. The van der Waals surface area contributed by atoms with Crippen LogP contribution in [0.25, 0.3) is 0 Å². The van der Waals surface area contributed by atoms with Gasteiger partial charge in [0.25, 0.3) is 0 Å². The summed E-state index contributed by atoms with van der Waals surface area (Å²) in [6, 6.07) is 0. The van der Waals surface area contributed by atoms with Crippen LogP contribution in [0.3, 0.4) is 0 Å². The van der Waals surface area contributed by atoms with Gasteiger partial charge in [0.2, 0.25) is 11.8 Å². The summed E-state index contributed by atoms with van der Waals surface area (Å²) in [4.78, 5) is 28.0. The molecule has 0 saturated carbocycles. The predicted octanol–water partition coefficient (Wildman–Crippen LogP) is 1.66. The summed E-state index contributed by atoms with van der Waals surface area (Å²) in [5, 5.41) is 3.28. The molecule has 0 aromatic heterocycles. The Kier molecular flexibility index (Phi) is 11.4. The zero-order valence-electron chi connectivity index (χ0n) is 13.4. The van der Waals surface area contributed by atoms with Crippen molar-refractivity contribution in [3.8, 4) is 0 Å². The van der Waals surface area contributed by atoms with E-state index in [-0.39, 0.29) is 24.2 Å². The lowest BCUT2D eigenvalue weighted by Gasteiger charge is -2.23. The maximum Gasteiger partial charge on any atom is 0.223 e. The molecule has 2 amide bonds. The van der Waals surface area contributed by atoms with Crippen LogP contribution in [-0.2, 0) is 9.59 Å². The number of carbonyl (C=O) groups excluding carboxylic acids is 2. The van der Waals surface area contributed by atoms with E-state index in [4.69, 9.17) is 0 Å². The Labute approximate surface area is 134 Å². The van der Waals surface area contributed by atoms with Gasteiger partial charge in [0.05, 0.1) is 0 Å². The summed E-state index contributed by atoms with van der Waals surface area (Å²) in [6.07, 6.45) is 3.64. The lowest BCUT2D eigenvalue weighted by Crippen LogP contribution is -2.36. The van der Waals surface area contributed by atoms with E-state index in [2.05, 4.69) is 19.2 Å². The highest BCUT2D eigenvalue weighted by atomic mass is 35.5. The molecule has 124 valence electrons. The molecule has 1 fully saturated rings. The normalized spacial score (nSPS) is 15.0. The van der Waals surface area contributed by atoms with Crippen molar-refractivity contribution in [2.75, 3.05) is 39.3 Å². The second-order valence-electron chi connectivity index (χ2n) is 5.37. The fourth-order valence-corrected chi connectivity index (χ4v) is 2.53. The van der Waals surface area contributed by atoms with Crippen molar-refractivity contribution in [3.63, 3.8) is 0 Å². The summed E-state index contributed by atoms with van der Waals surface area (Å²) in [5.41, 5.74) is 0. The first-order valence-corrected chi connectivity index (χ1v) is 7.95. The Hall–Kier alpha value is -0.810. The maximum absolute atomic E-state index is 12.1. The molecule has 1 heterocycles. The Morgan fingerprint density at radius 1 is 1.05 bits per heavy atom. The van der Waals surface area contributed by atoms with Crippen LogP contribution in [-0.4, -0.2) is 60.9 Å². The summed E-state index contributed by atoms with van der Waals surface area (Å²) < 4.78 is 0. The van der Waals surface area contributed by atoms with Crippen molar-refractivity contribution in [2.45, 2.75) is 46.0 Å². The monoisotopic (exact) mass is 319 g/mol. The molecule has 0 atom stereocenters. The summed E-state index contributed by atoms with van der Waals surface area (Å²) in [7, 11) is 0. The maximum atomic E-state index is 12.1. The Morgan fingerprint density at radius 2 is 1.71 bits per heavy atom. The molecule has 0 aliphatic carbocycles. The summed E-state index contributed by atoms with van der Waals surface area (Å²) in [6.45, 7) is 9.16. The SMILES string of the molecule is CCCN(CCC)C(=O)CCC(=O)N1CCCNCC1.Cl. The molecule has 0 aromatic rings. The van der Waals surface area contributed by atoms with Gasteiger partial charge in [-0.3, -0.25) is 9.59 Å². The van der Waals surface area contributed by atoms with E-state index in [1.54, 1.807) is 0 Å². The highest BCUT2D eigenvalue weighted by molar-refractivity contribution is 5.85. The van der Waals surface area contributed by atoms with Crippen LogP contribution < -0.4 is 5.32 Å². The third-order valence-electron chi connectivity index (χ3n) is 3.59. The molecule has 1 rings (SSSR count). The van der Waals surface area contributed by atoms with E-state index in [1.165, 1.54) is 0 Å². The minimum absolute atomic E-state index is 0. The standard InChI is InChI=1S/C15H29N3O2.ClH/c1-3-10-17(11-4-2)14(19)6-7-15(20)18-12-5-8-16-9-13-18;/h16H,3-13H2,1-2H3;1H. The third-order valence-corrected chi connectivity index (χ3v) is 3.59. The third kappa shape index (κ3) is 7.67. The smallest absolute Gasteiger partial charge is 0.223 e. The average Bonchev–Trinajstić information content (AvgIpc) is 2.73. The zero-order chi connectivity index (χ0) is 14.8. The molecule has 0 spiro atoms. The van der Waals surface area contributed by atoms with Crippen LogP contribution >= 0.6 is 12.4 Å². The molecule has 0 radical (unpaired) electrons. The van der Waals surface area contributed by atoms with E-state index >= 15 is 0 Å². The lowest BCUT2D eigenvalue weighted by molar-refractivity contribution is -0.137. The fraction of sp³-hybridized carbons (Fsp3) is 0.867. The van der Waals surface area contributed by atoms with Gasteiger partial charge in [-0.1, -0.05) is 13.8 Å². The van der Waals surface area contributed by atoms with Crippen molar-refractivity contribution < 1.29 is 9.59 Å². The minimum atomic E-state index is 0. The molecule has 21 heavy (non-hydrogen) atoms. The molecule has 1 aliphatic heterocycles. The molecule has 1 saturated heterocycles. The van der Waals surface area contributed by atoms with Crippen molar-refractivity contribution >= 4 is 24.2 Å². The van der Waals surface area contributed by atoms with Crippen molar-refractivity contribution in [2.24, 2.45) is 0 Å². The topological polar surface area (TPSA) is 52.7 Å². The number of hydrogen-bond acceptors (Lipinski definition) is 3. The van der Waals surface area contributed by atoms with Crippen LogP contribution in [0.1, 0.15) is 46.0 Å². The molecule has 5 nitrogen and oxygen atoms in total. The van der Waals surface area contributed by atoms with Gasteiger partial charge in [0, 0.05) is 45.6 Å². The van der Waals surface area contributed by atoms with Gasteiger partial charge in [-0.05, 0) is 25.8 Å². The summed E-state index contributed by atoms with van der Waals surface area (Å²) in [5.74, 6) is 0.241. The van der Waals surface area contributed by atoms with E-state index in [0.717, 1.165) is 58.5 Å². The van der Waals surface area contributed by atoms with Crippen LogP contribution in [0.5, 0.6) is 0 Å². The largest absolute Gasteiger partial charge is 0.343 e. The molecule has 0 aromatic carbocycles. The molecule has 6 heteroatoms. The van der Waals surface area contributed by atoms with Gasteiger partial charge in [0.1, 0.15) is 0 Å². The van der Waals surface area contributed by atoms with Gasteiger partial charge >= 0.3 is 0 Å². The number of carbonyl (C=O) groups is 2. The molecular formula is C15H30ClN3O2. The number of hydrogen-bond donors (Lipinski definition) is 1. The highest BCUT2D eigenvalue weighted by Gasteiger charge is 2.18. The predicted molar refractivity (Wildman–Crippen MR) is 87.7 cm³/mol. The summed E-state index contributed by atoms with van der Waals surface area (Å²) >= 11 is 0. The fourth-order valence-electron chi connectivity index (χ4n) is 2.53. The quantitative estimate of drug-likeness (QED) is 0.776. The molecule has 1 aliphatic rings. The van der Waals surface area contributed by atoms with Crippen LogP contribution in [0.15, 0.2) is 0 Å². The molecule has 0 unspecified atom stereocenters. The zero-order valence-corrected chi connectivity index (χ0v) is 14.2. The average molecular weight is 320 g/mol. The Balaban J connectivity index is 0.00000400. The second-order valence-corrected chi connectivity index (χ2v) is 5.37. The van der Waals surface area contributed by atoms with Gasteiger partial charge in [-0.15, -0.1) is 12.4 Å². The highest BCUT2D eigenvalue weighted by Crippen LogP contribution is 2.05. The second kappa shape index (κ2) is 11.8. The van der Waals surface area contributed by atoms with Gasteiger partial charge in [-0.2, -0.15) is 0 Å². The van der Waals surface area contributed by atoms with Crippen LogP contribution in [0.4, 0.5) is 0 Å². The van der Waals surface area contributed by atoms with Gasteiger partial charge < -0.3 is 15.1 Å². The van der Waals surface area contributed by atoms with Crippen LogP contribution in [0.2, 0.25) is 0 Å². The lowest BCUT2D eigenvalue weighted by atomic mass is 10.2. The Bertz CT molecular complexity index is 285. The number of halogens is 1.